The van der Waals surface area contributed by atoms with E-state index in [9.17, 15) is 4.39 Å². The second kappa shape index (κ2) is 3.30. The van der Waals surface area contributed by atoms with Gasteiger partial charge in [-0.25, -0.2) is 4.39 Å². The number of nitrogens with one attached hydrogen (secondary N) is 1. The minimum atomic E-state index is -0.526. The summed E-state index contributed by atoms with van der Waals surface area (Å²) in [6.07, 6.45) is 2.17. The lowest BCUT2D eigenvalue weighted by molar-refractivity contribution is 0.146. The zero-order valence-electron chi connectivity index (χ0n) is 7.59. The first kappa shape index (κ1) is 8.45. The van der Waals surface area contributed by atoms with E-state index in [0.29, 0.717) is 12.1 Å². The molecule has 0 amide bonds. The summed E-state index contributed by atoms with van der Waals surface area (Å²) in [5.74, 6) is 0. The van der Waals surface area contributed by atoms with Gasteiger partial charge >= 0.3 is 0 Å². The summed E-state index contributed by atoms with van der Waals surface area (Å²) in [4.78, 5) is 2.32. The fourth-order valence-electron chi connectivity index (χ4n) is 2.09. The molecule has 1 saturated heterocycles. The predicted molar refractivity (Wildman–Crippen MR) is 47.0 cm³/mol. The van der Waals surface area contributed by atoms with Crippen LogP contribution in [0.15, 0.2) is 0 Å². The second-order valence-corrected chi connectivity index (χ2v) is 4.18. The van der Waals surface area contributed by atoms with E-state index in [-0.39, 0.29) is 0 Å². The van der Waals surface area contributed by atoms with Gasteiger partial charge in [-0.3, -0.25) is 0 Å². The Kier molecular flexibility index (Phi) is 2.33. The highest BCUT2D eigenvalue weighted by atomic mass is 19.1. The molecule has 3 heteroatoms. The molecule has 0 radical (unpaired) electrons. The van der Waals surface area contributed by atoms with Crippen LogP contribution in [-0.4, -0.2) is 43.3 Å². The van der Waals surface area contributed by atoms with Gasteiger partial charge in [-0.2, -0.15) is 0 Å². The van der Waals surface area contributed by atoms with E-state index in [1.807, 2.05) is 0 Å². The third-order valence-electron chi connectivity index (χ3n) is 2.94. The van der Waals surface area contributed by atoms with Crippen LogP contribution in [0.5, 0.6) is 0 Å². The van der Waals surface area contributed by atoms with Gasteiger partial charge < -0.3 is 10.2 Å². The van der Waals surface area contributed by atoms with Gasteiger partial charge in [-0.1, -0.05) is 0 Å². The summed E-state index contributed by atoms with van der Waals surface area (Å²) in [7, 11) is 2.14. The standard InChI is InChI=1S/C9H17FN2/c1-12-3-2-8(6-12)11-9-4-7(10)5-9/h7-9,11H,2-6H2,1H3/t7?,8-,9?/m1/s1. The molecule has 1 heterocycles. The molecule has 0 bridgehead atoms. The SMILES string of the molecule is CN1CC[C@@H](NC2CC(F)C2)C1. The molecular formula is C9H17FN2. The fourth-order valence-corrected chi connectivity index (χ4v) is 2.09. The molecule has 1 atom stereocenters. The summed E-state index contributed by atoms with van der Waals surface area (Å²) >= 11 is 0. The van der Waals surface area contributed by atoms with Crippen molar-refractivity contribution >= 4 is 0 Å². The zero-order valence-corrected chi connectivity index (χ0v) is 7.59. The monoisotopic (exact) mass is 172 g/mol. The van der Waals surface area contributed by atoms with Crippen molar-refractivity contribution in [3.8, 4) is 0 Å². The zero-order chi connectivity index (χ0) is 8.55. The lowest BCUT2D eigenvalue weighted by Gasteiger charge is -2.32. The minimum Gasteiger partial charge on any atom is -0.310 e. The first-order chi connectivity index (χ1) is 5.74. The molecule has 2 fully saturated rings. The normalized spacial score (nSPS) is 43.0. The van der Waals surface area contributed by atoms with E-state index in [0.717, 1.165) is 19.4 Å². The van der Waals surface area contributed by atoms with Crippen LogP contribution in [0, 0.1) is 0 Å². The maximum Gasteiger partial charge on any atom is 0.103 e. The Hall–Kier alpha value is -0.150. The van der Waals surface area contributed by atoms with Crippen LogP contribution in [-0.2, 0) is 0 Å². The molecule has 2 rings (SSSR count). The molecule has 2 aliphatic rings. The van der Waals surface area contributed by atoms with E-state index in [2.05, 4.69) is 17.3 Å². The smallest absolute Gasteiger partial charge is 0.103 e. The minimum absolute atomic E-state index is 0.469. The molecular weight excluding hydrogens is 155 g/mol. The first-order valence-corrected chi connectivity index (χ1v) is 4.82. The summed E-state index contributed by atoms with van der Waals surface area (Å²) < 4.78 is 12.5. The topological polar surface area (TPSA) is 15.3 Å². The number of halogens is 1. The maximum atomic E-state index is 12.5. The van der Waals surface area contributed by atoms with Gasteiger partial charge in [0.1, 0.15) is 6.17 Å². The third kappa shape index (κ3) is 1.77. The van der Waals surface area contributed by atoms with Crippen LogP contribution >= 0.6 is 0 Å². The van der Waals surface area contributed by atoms with Crippen molar-refractivity contribution in [3.05, 3.63) is 0 Å². The van der Waals surface area contributed by atoms with Gasteiger partial charge in [-0.05, 0) is 32.9 Å². The summed E-state index contributed by atoms with van der Waals surface area (Å²) in [5.41, 5.74) is 0. The van der Waals surface area contributed by atoms with Crippen LogP contribution in [0.2, 0.25) is 0 Å². The summed E-state index contributed by atoms with van der Waals surface area (Å²) in [5, 5.41) is 3.49. The predicted octanol–water partition coefficient (Wildman–Crippen LogP) is 0.781. The quantitative estimate of drug-likeness (QED) is 0.662. The van der Waals surface area contributed by atoms with Crippen LogP contribution in [0.1, 0.15) is 19.3 Å². The Labute approximate surface area is 73.1 Å². The van der Waals surface area contributed by atoms with Gasteiger partial charge in [0.2, 0.25) is 0 Å². The van der Waals surface area contributed by atoms with E-state index in [1.165, 1.54) is 13.0 Å². The lowest BCUT2D eigenvalue weighted by Crippen LogP contribution is -2.47. The Morgan fingerprint density at radius 1 is 1.33 bits per heavy atom. The Morgan fingerprint density at radius 3 is 2.58 bits per heavy atom. The number of nitrogens with zero attached hydrogens (tertiary/aromatic N) is 1. The van der Waals surface area contributed by atoms with Crippen molar-refractivity contribution in [1.29, 1.82) is 0 Å². The molecule has 12 heavy (non-hydrogen) atoms. The highest BCUT2D eigenvalue weighted by Crippen LogP contribution is 2.24. The first-order valence-electron chi connectivity index (χ1n) is 4.82. The van der Waals surface area contributed by atoms with Crippen molar-refractivity contribution in [2.45, 2.75) is 37.5 Å². The summed E-state index contributed by atoms with van der Waals surface area (Å²) in [6.45, 7) is 2.32. The fraction of sp³-hybridized carbons (Fsp3) is 1.00. The van der Waals surface area contributed by atoms with Crippen LogP contribution < -0.4 is 5.32 Å². The van der Waals surface area contributed by atoms with Crippen molar-refractivity contribution in [2.24, 2.45) is 0 Å². The summed E-state index contributed by atoms with van der Waals surface area (Å²) in [6, 6.07) is 1.09. The molecule has 1 aliphatic carbocycles. The Morgan fingerprint density at radius 2 is 2.08 bits per heavy atom. The third-order valence-corrected chi connectivity index (χ3v) is 2.94. The number of hydrogen-bond donors (Lipinski definition) is 1. The van der Waals surface area contributed by atoms with E-state index < -0.39 is 6.17 Å². The number of alkyl halides is 1. The van der Waals surface area contributed by atoms with Crippen molar-refractivity contribution in [1.82, 2.24) is 10.2 Å². The van der Waals surface area contributed by atoms with Crippen LogP contribution in [0.3, 0.4) is 0 Å². The van der Waals surface area contributed by atoms with Crippen LogP contribution in [0.4, 0.5) is 4.39 Å². The second-order valence-electron chi connectivity index (χ2n) is 4.18. The average molecular weight is 172 g/mol. The lowest BCUT2D eigenvalue weighted by atomic mass is 9.90. The molecule has 0 aromatic carbocycles. The molecule has 1 saturated carbocycles. The van der Waals surface area contributed by atoms with E-state index in [4.69, 9.17) is 0 Å². The molecule has 2 nitrogen and oxygen atoms in total. The molecule has 1 N–H and O–H groups in total. The maximum absolute atomic E-state index is 12.5. The van der Waals surface area contributed by atoms with Gasteiger partial charge in [0.25, 0.3) is 0 Å². The number of likely N-dealkylation sites (tertiary alicyclic amines) is 1. The average Bonchev–Trinajstić information content (AvgIpc) is 2.33. The van der Waals surface area contributed by atoms with Crippen molar-refractivity contribution in [2.75, 3.05) is 20.1 Å². The molecule has 0 aromatic heterocycles. The highest BCUT2D eigenvalue weighted by Gasteiger charge is 2.31. The van der Waals surface area contributed by atoms with E-state index >= 15 is 0 Å². The molecule has 0 unspecified atom stereocenters. The number of rotatable bonds is 2. The van der Waals surface area contributed by atoms with Crippen molar-refractivity contribution in [3.63, 3.8) is 0 Å². The highest BCUT2D eigenvalue weighted by molar-refractivity contribution is 4.90. The van der Waals surface area contributed by atoms with Crippen molar-refractivity contribution < 1.29 is 4.39 Å². The molecule has 0 aromatic rings. The van der Waals surface area contributed by atoms with Gasteiger partial charge in [0.15, 0.2) is 0 Å². The molecule has 70 valence electrons. The van der Waals surface area contributed by atoms with Gasteiger partial charge in [0.05, 0.1) is 0 Å². The van der Waals surface area contributed by atoms with E-state index in [1.54, 1.807) is 0 Å². The molecule has 1 aliphatic heterocycles. The van der Waals surface area contributed by atoms with Gasteiger partial charge in [-0.15, -0.1) is 0 Å². The number of hydrogen-bond acceptors (Lipinski definition) is 2. The Balaban J connectivity index is 1.67. The van der Waals surface area contributed by atoms with Gasteiger partial charge in [0, 0.05) is 18.6 Å². The Bertz CT molecular complexity index is 157. The molecule has 0 spiro atoms. The largest absolute Gasteiger partial charge is 0.310 e. The van der Waals surface area contributed by atoms with Crippen LogP contribution in [0.25, 0.3) is 0 Å². The number of likely N-dealkylation sites (N-methyl/N-ethyl adjacent to an activating group) is 1.